The number of carboxylic acid groups (broad SMARTS) is 1. The highest BCUT2D eigenvalue weighted by molar-refractivity contribution is 5.95. The fourth-order valence-corrected chi connectivity index (χ4v) is 2.46. The highest BCUT2D eigenvalue weighted by atomic mass is 16.5. The summed E-state index contributed by atoms with van der Waals surface area (Å²) in [5.41, 5.74) is 0.433. The van der Waals surface area contributed by atoms with E-state index in [2.05, 4.69) is 5.32 Å². The van der Waals surface area contributed by atoms with Crippen molar-refractivity contribution in [3.63, 3.8) is 0 Å². The van der Waals surface area contributed by atoms with Crippen molar-refractivity contribution < 1.29 is 24.2 Å². The largest absolute Gasteiger partial charge is 0.490 e. The van der Waals surface area contributed by atoms with Gasteiger partial charge < -0.3 is 19.9 Å². The molecule has 2 N–H and O–H groups in total. The monoisotopic (exact) mass is 321 g/mol. The Bertz CT molecular complexity index is 570. The van der Waals surface area contributed by atoms with E-state index in [0.29, 0.717) is 36.7 Å². The Labute approximate surface area is 135 Å². The fourth-order valence-electron chi connectivity index (χ4n) is 2.46. The summed E-state index contributed by atoms with van der Waals surface area (Å²) in [4.78, 5) is 23.5. The van der Waals surface area contributed by atoms with Gasteiger partial charge in [0.2, 0.25) is 0 Å². The molecule has 6 heteroatoms. The molecular weight excluding hydrogens is 298 g/mol. The molecule has 23 heavy (non-hydrogen) atoms. The molecule has 2 rings (SSSR count). The molecule has 126 valence electrons. The second-order valence-corrected chi connectivity index (χ2v) is 6.09. The van der Waals surface area contributed by atoms with Crippen LogP contribution in [0.25, 0.3) is 0 Å². The van der Waals surface area contributed by atoms with E-state index in [0.717, 1.165) is 6.42 Å². The number of rotatable bonds is 6. The van der Waals surface area contributed by atoms with E-state index in [-0.39, 0.29) is 18.4 Å². The number of nitrogens with one attached hydrogen (secondary N) is 1. The first-order valence-electron chi connectivity index (χ1n) is 7.88. The number of hydrogen-bond donors (Lipinski definition) is 2. The van der Waals surface area contributed by atoms with Gasteiger partial charge in [-0.3, -0.25) is 9.59 Å². The van der Waals surface area contributed by atoms with Crippen LogP contribution in [0.2, 0.25) is 0 Å². The van der Waals surface area contributed by atoms with Gasteiger partial charge in [0.1, 0.15) is 0 Å². The molecule has 1 atom stereocenters. The van der Waals surface area contributed by atoms with Crippen molar-refractivity contribution in [3.05, 3.63) is 23.8 Å². The highest BCUT2D eigenvalue weighted by Gasteiger charge is 2.20. The predicted molar refractivity (Wildman–Crippen MR) is 85.0 cm³/mol. The first-order chi connectivity index (χ1) is 11.0. The molecule has 1 unspecified atom stereocenters. The maximum Gasteiger partial charge on any atom is 0.308 e. The molecule has 1 aromatic rings. The molecule has 1 aliphatic heterocycles. The predicted octanol–water partition coefficient (Wildman–Crippen LogP) is 2.32. The van der Waals surface area contributed by atoms with E-state index in [9.17, 15) is 14.7 Å². The number of benzene rings is 1. The first-order valence-corrected chi connectivity index (χ1v) is 7.88. The van der Waals surface area contributed by atoms with Crippen molar-refractivity contribution in [1.82, 2.24) is 5.32 Å². The van der Waals surface area contributed by atoms with Gasteiger partial charge in [-0.1, -0.05) is 13.8 Å². The van der Waals surface area contributed by atoms with Crippen molar-refractivity contribution in [2.45, 2.75) is 26.7 Å². The van der Waals surface area contributed by atoms with Gasteiger partial charge in [-0.25, -0.2) is 0 Å². The summed E-state index contributed by atoms with van der Waals surface area (Å²) in [5, 5.41) is 11.9. The number of carboxylic acids is 1. The number of amides is 1. The topological polar surface area (TPSA) is 84.9 Å². The van der Waals surface area contributed by atoms with Crippen LogP contribution in [0.4, 0.5) is 0 Å². The Balaban J connectivity index is 2.00. The van der Waals surface area contributed by atoms with E-state index >= 15 is 0 Å². The molecule has 0 fully saturated rings. The van der Waals surface area contributed by atoms with E-state index in [1.165, 1.54) is 0 Å². The van der Waals surface area contributed by atoms with E-state index < -0.39 is 11.9 Å². The van der Waals surface area contributed by atoms with Gasteiger partial charge in [-0.05, 0) is 30.5 Å². The summed E-state index contributed by atoms with van der Waals surface area (Å²) in [6.45, 7) is 5.17. The molecule has 0 radical (unpaired) electrons. The Morgan fingerprint density at radius 1 is 1.22 bits per heavy atom. The molecule has 0 saturated heterocycles. The van der Waals surface area contributed by atoms with Crippen LogP contribution >= 0.6 is 0 Å². The summed E-state index contributed by atoms with van der Waals surface area (Å²) < 4.78 is 11.1. The minimum absolute atomic E-state index is 0.112. The zero-order chi connectivity index (χ0) is 16.8. The quantitative estimate of drug-likeness (QED) is 0.840. The van der Waals surface area contributed by atoms with Crippen LogP contribution in [0.15, 0.2) is 18.2 Å². The average Bonchev–Trinajstić information content (AvgIpc) is 2.74. The third-order valence-corrected chi connectivity index (χ3v) is 3.62. The Kier molecular flexibility index (Phi) is 5.84. The number of ether oxygens (including phenoxy) is 2. The van der Waals surface area contributed by atoms with E-state index in [1.807, 2.05) is 13.8 Å². The van der Waals surface area contributed by atoms with Crippen LogP contribution in [-0.2, 0) is 4.79 Å². The number of carbonyl (C=O) groups excluding carboxylic acids is 1. The third kappa shape index (κ3) is 4.87. The van der Waals surface area contributed by atoms with Crippen LogP contribution in [0.3, 0.4) is 0 Å². The lowest BCUT2D eigenvalue weighted by atomic mass is 9.97. The molecule has 1 amide bonds. The third-order valence-electron chi connectivity index (χ3n) is 3.62. The molecule has 0 aliphatic carbocycles. The van der Waals surface area contributed by atoms with Gasteiger partial charge in [-0.15, -0.1) is 0 Å². The maximum absolute atomic E-state index is 12.2. The fraction of sp³-hybridized carbons (Fsp3) is 0.529. The number of hydrogen-bond acceptors (Lipinski definition) is 4. The number of aliphatic carboxylic acids is 1. The molecule has 1 aliphatic rings. The van der Waals surface area contributed by atoms with Gasteiger partial charge >= 0.3 is 5.97 Å². The Morgan fingerprint density at radius 2 is 1.91 bits per heavy atom. The molecule has 0 saturated carbocycles. The SMILES string of the molecule is CC(C)CC(CNC(=O)c1ccc2c(c1)OCCCO2)C(=O)O. The Morgan fingerprint density at radius 3 is 2.57 bits per heavy atom. The molecule has 0 aromatic heterocycles. The van der Waals surface area contributed by atoms with E-state index in [4.69, 9.17) is 9.47 Å². The van der Waals surface area contributed by atoms with Crippen LogP contribution < -0.4 is 14.8 Å². The summed E-state index contributed by atoms with van der Waals surface area (Å²) in [6, 6.07) is 4.99. The Hall–Kier alpha value is -2.24. The molecular formula is C17H23NO5. The zero-order valence-electron chi connectivity index (χ0n) is 13.5. The van der Waals surface area contributed by atoms with E-state index in [1.54, 1.807) is 18.2 Å². The second-order valence-electron chi connectivity index (χ2n) is 6.09. The van der Waals surface area contributed by atoms with Crippen LogP contribution in [0.1, 0.15) is 37.0 Å². The van der Waals surface area contributed by atoms with Gasteiger partial charge in [0.05, 0.1) is 19.1 Å². The summed E-state index contributed by atoms with van der Waals surface area (Å²) in [7, 11) is 0. The van der Waals surface area contributed by atoms with Crippen LogP contribution in [-0.4, -0.2) is 36.7 Å². The lowest BCUT2D eigenvalue weighted by Crippen LogP contribution is -2.33. The van der Waals surface area contributed by atoms with Crippen molar-refractivity contribution in [1.29, 1.82) is 0 Å². The molecule has 6 nitrogen and oxygen atoms in total. The molecule has 0 spiro atoms. The zero-order valence-corrected chi connectivity index (χ0v) is 13.5. The number of carbonyl (C=O) groups is 2. The molecule has 1 heterocycles. The van der Waals surface area contributed by atoms with Crippen molar-refractivity contribution in [2.24, 2.45) is 11.8 Å². The first kappa shape index (κ1) is 17.1. The van der Waals surface area contributed by atoms with Crippen molar-refractivity contribution in [3.8, 4) is 11.5 Å². The summed E-state index contributed by atoms with van der Waals surface area (Å²) in [5.74, 6) is -0.354. The lowest BCUT2D eigenvalue weighted by Gasteiger charge is -2.16. The van der Waals surface area contributed by atoms with Crippen molar-refractivity contribution in [2.75, 3.05) is 19.8 Å². The molecule has 1 aromatic carbocycles. The van der Waals surface area contributed by atoms with Crippen molar-refractivity contribution >= 4 is 11.9 Å². The second kappa shape index (κ2) is 7.85. The molecule has 0 bridgehead atoms. The highest BCUT2D eigenvalue weighted by Crippen LogP contribution is 2.30. The van der Waals surface area contributed by atoms with Gasteiger partial charge in [0.25, 0.3) is 5.91 Å². The van der Waals surface area contributed by atoms with Crippen LogP contribution in [0, 0.1) is 11.8 Å². The van der Waals surface area contributed by atoms with Crippen LogP contribution in [0.5, 0.6) is 11.5 Å². The summed E-state index contributed by atoms with van der Waals surface area (Å²) in [6.07, 6.45) is 1.32. The smallest absolute Gasteiger partial charge is 0.308 e. The average molecular weight is 321 g/mol. The number of fused-ring (bicyclic) bond motifs is 1. The van der Waals surface area contributed by atoms with Gasteiger partial charge in [0, 0.05) is 18.5 Å². The van der Waals surface area contributed by atoms with Gasteiger partial charge in [0.15, 0.2) is 11.5 Å². The summed E-state index contributed by atoms with van der Waals surface area (Å²) >= 11 is 0. The minimum atomic E-state index is -0.891. The lowest BCUT2D eigenvalue weighted by molar-refractivity contribution is -0.142. The maximum atomic E-state index is 12.2. The van der Waals surface area contributed by atoms with Gasteiger partial charge in [-0.2, -0.15) is 0 Å². The normalized spacial score (nSPS) is 14.9. The minimum Gasteiger partial charge on any atom is -0.490 e. The standard InChI is InChI=1S/C17H23NO5/c1-11(2)8-13(17(20)21)10-18-16(19)12-4-5-14-15(9-12)23-7-3-6-22-14/h4-5,9,11,13H,3,6-8,10H2,1-2H3,(H,18,19)(H,20,21).